The Morgan fingerprint density at radius 3 is 2.35 bits per heavy atom. The Bertz CT molecular complexity index is 1140. The maximum absolute atomic E-state index is 12.3. The SMILES string of the molecule is O=C(CCCC(=O)OCCCc1ccccc1)Nc1ccc(S(=O)(=O)NCc2ccco2)cc1. The Labute approximate surface area is 199 Å². The van der Waals surface area contributed by atoms with Gasteiger partial charge in [0.15, 0.2) is 0 Å². The van der Waals surface area contributed by atoms with Crippen LogP contribution < -0.4 is 10.0 Å². The predicted octanol–water partition coefficient (Wildman–Crippen LogP) is 4.04. The van der Waals surface area contributed by atoms with E-state index in [4.69, 9.17) is 9.15 Å². The molecule has 0 aliphatic carbocycles. The van der Waals surface area contributed by atoms with Crippen LogP contribution in [0.5, 0.6) is 0 Å². The van der Waals surface area contributed by atoms with Crippen LogP contribution in [0.2, 0.25) is 0 Å². The lowest BCUT2D eigenvalue weighted by Gasteiger charge is -2.08. The van der Waals surface area contributed by atoms with E-state index in [1.807, 2.05) is 30.3 Å². The molecule has 0 saturated heterocycles. The molecule has 0 fully saturated rings. The average molecular weight is 485 g/mol. The number of esters is 1. The normalized spacial score (nSPS) is 11.2. The van der Waals surface area contributed by atoms with Crippen LogP contribution in [-0.2, 0) is 37.3 Å². The van der Waals surface area contributed by atoms with Crippen LogP contribution in [0.1, 0.15) is 37.0 Å². The van der Waals surface area contributed by atoms with Crippen molar-refractivity contribution in [3.63, 3.8) is 0 Å². The fourth-order valence-corrected chi connectivity index (χ4v) is 4.17. The molecule has 0 aliphatic rings. The lowest BCUT2D eigenvalue weighted by Crippen LogP contribution is -2.23. The smallest absolute Gasteiger partial charge is 0.305 e. The molecule has 1 amide bonds. The van der Waals surface area contributed by atoms with Crippen LogP contribution in [0.25, 0.3) is 0 Å². The summed E-state index contributed by atoms with van der Waals surface area (Å²) in [6.45, 7) is 0.398. The van der Waals surface area contributed by atoms with E-state index in [-0.39, 0.29) is 36.2 Å². The number of furan rings is 1. The number of benzene rings is 2. The molecule has 2 N–H and O–H groups in total. The summed E-state index contributed by atoms with van der Waals surface area (Å²) in [5, 5.41) is 2.70. The first kappa shape index (κ1) is 25.2. The van der Waals surface area contributed by atoms with Gasteiger partial charge in [0, 0.05) is 18.5 Å². The maximum Gasteiger partial charge on any atom is 0.305 e. The van der Waals surface area contributed by atoms with Gasteiger partial charge in [-0.2, -0.15) is 0 Å². The Morgan fingerprint density at radius 2 is 1.65 bits per heavy atom. The van der Waals surface area contributed by atoms with Gasteiger partial charge in [-0.05, 0) is 61.2 Å². The molecule has 0 aliphatic heterocycles. The molecule has 0 unspecified atom stereocenters. The molecular weight excluding hydrogens is 456 g/mol. The zero-order chi connectivity index (χ0) is 24.2. The lowest BCUT2D eigenvalue weighted by molar-refractivity contribution is -0.143. The molecule has 0 bridgehead atoms. The summed E-state index contributed by atoms with van der Waals surface area (Å²) in [5.74, 6) is -0.0792. The Kier molecular flexibility index (Phi) is 9.42. The first-order valence-corrected chi connectivity index (χ1v) is 12.5. The zero-order valence-electron chi connectivity index (χ0n) is 18.7. The van der Waals surface area contributed by atoms with Gasteiger partial charge < -0.3 is 14.5 Å². The van der Waals surface area contributed by atoms with Crippen molar-refractivity contribution in [3.05, 3.63) is 84.3 Å². The number of hydrogen-bond acceptors (Lipinski definition) is 6. The molecule has 1 heterocycles. The predicted molar refractivity (Wildman–Crippen MR) is 127 cm³/mol. The molecule has 0 spiro atoms. The second kappa shape index (κ2) is 12.7. The maximum atomic E-state index is 12.3. The first-order chi connectivity index (χ1) is 16.4. The highest BCUT2D eigenvalue weighted by molar-refractivity contribution is 7.89. The van der Waals surface area contributed by atoms with Gasteiger partial charge in [-0.1, -0.05) is 30.3 Å². The summed E-state index contributed by atoms with van der Waals surface area (Å²) >= 11 is 0. The number of amides is 1. The van der Waals surface area contributed by atoms with Crippen LogP contribution in [0.15, 0.2) is 82.3 Å². The lowest BCUT2D eigenvalue weighted by atomic mass is 10.1. The zero-order valence-corrected chi connectivity index (χ0v) is 19.6. The molecule has 2 aromatic carbocycles. The van der Waals surface area contributed by atoms with E-state index in [0.29, 0.717) is 24.5 Å². The van der Waals surface area contributed by atoms with E-state index in [1.165, 1.54) is 36.1 Å². The fraction of sp³-hybridized carbons (Fsp3) is 0.280. The monoisotopic (exact) mass is 484 g/mol. The van der Waals surface area contributed by atoms with Gasteiger partial charge in [-0.25, -0.2) is 13.1 Å². The van der Waals surface area contributed by atoms with Crippen LogP contribution in [0.3, 0.4) is 0 Å². The Hall–Kier alpha value is -3.43. The van der Waals surface area contributed by atoms with Gasteiger partial charge >= 0.3 is 5.97 Å². The summed E-state index contributed by atoms with van der Waals surface area (Å²) in [6, 6.07) is 19.2. The van der Waals surface area contributed by atoms with Gasteiger partial charge in [-0.15, -0.1) is 0 Å². The molecule has 9 heteroatoms. The fourth-order valence-electron chi connectivity index (χ4n) is 3.18. The molecule has 0 atom stereocenters. The van der Waals surface area contributed by atoms with E-state index < -0.39 is 10.0 Å². The summed E-state index contributed by atoms with van der Waals surface area (Å²) in [4.78, 5) is 24.0. The third-order valence-corrected chi connectivity index (χ3v) is 6.38. The van der Waals surface area contributed by atoms with E-state index in [9.17, 15) is 18.0 Å². The third-order valence-electron chi connectivity index (χ3n) is 4.97. The molecule has 180 valence electrons. The van der Waals surface area contributed by atoms with Crippen LogP contribution in [-0.4, -0.2) is 26.9 Å². The van der Waals surface area contributed by atoms with Crippen LogP contribution in [0.4, 0.5) is 5.69 Å². The van der Waals surface area contributed by atoms with E-state index in [2.05, 4.69) is 10.0 Å². The van der Waals surface area contributed by atoms with Crippen molar-refractivity contribution in [2.45, 2.75) is 43.5 Å². The van der Waals surface area contributed by atoms with Gasteiger partial charge in [0.25, 0.3) is 0 Å². The van der Waals surface area contributed by atoms with Crippen molar-refractivity contribution in [1.29, 1.82) is 0 Å². The van der Waals surface area contributed by atoms with E-state index in [0.717, 1.165) is 12.8 Å². The minimum absolute atomic E-state index is 0.0449. The first-order valence-electron chi connectivity index (χ1n) is 11.0. The quantitative estimate of drug-likeness (QED) is 0.279. The number of anilines is 1. The van der Waals surface area contributed by atoms with Crippen molar-refractivity contribution in [1.82, 2.24) is 4.72 Å². The topological polar surface area (TPSA) is 115 Å². The number of sulfonamides is 1. The second-order valence-corrected chi connectivity index (χ2v) is 9.41. The van der Waals surface area contributed by atoms with Crippen molar-refractivity contribution >= 4 is 27.6 Å². The second-order valence-electron chi connectivity index (χ2n) is 7.64. The van der Waals surface area contributed by atoms with E-state index in [1.54, 1.807) is 12.1 Å². The van der Waals surface area contributed by atoms with Crippen molar-refractivity contribution in [2.75, 3.05) is 11.9 Å². The Balaban J connectivity index is 1.32. The number of ether oxygens (including phenoxy) is 1. The molecule has 34 heavy (non-hydrogen) atoms. The number of rotatable bonds is 13. The third kappa shape index (κ3) is 8.49. The van der Waals surface area contributed by atoms with Crippen molar-refractivity contribution < 1.29 is 27.2 Å². The average Bonchev–Trinajstić information content (AvgIpc) is 3.36. The van der Waals surface area contributed by atoms with Crippen molar-refractivity contribution in [3.8, 4) is 0 Å². The molecule has 3 aromatic rings. The highest BCUT2D eigenvalue weighted by Gasteiger charge is 2.14. The highest BCUT2D eigenvalue weighted by Crippen LogP contribution is 2.15. The molecule has 3 rings (SSSR count). The largest absolute Gasteiger partial charge is 0.468 e. The number of aryl methyl sites for hydroxylation is 1. The van der Waals surface area contributed by atoms with Crippen LogP contribution >= 0.6 is 0 Å². The standard InChI is InChI=1S/C25H28N2O6S/c28-24(11-4-12-25(29)33-18-5-9-20-7-2-1-3-8-20)27-21-13-15-23(16-14-21)34(30,31)26-19-22-10-6-17-32-22/h1-3,6-8,10,13-17,26H,4-5,9,11-12,18-19H2,(H,27,28). The molecular formula is C25H28N2O6S. The van der Waals surface area contributed by atoms with Crippen LogP contribution in [0, 0.1) is 0 Å². The Morgan fingerprint density at radius 1 is 0.882 bits per heavy atom. The van der Waals surface area contributed by atoms with E-state index >= 15 is 0 Å². The summed E-state index contributed by atoms with van der Waals surface area (Å²) in [5.41, 5.74) is 1.67. The number of carbonyl (C=O) groups excluding carboxylic acids is 2. The molecule has 1 aromatic heterocycles. The van der Waals surface area contributed by atoms with Gasteiger partial charge in [0.1, 0.15) is 5.76 Å². The van der Waals surface area contributed by atoms with Gasteiger partial charge in [0.05, 0.1) is 24.3 Å². The summed E-state index contributed by atoms with van der Waals surface area (Å²) in [7, 11) is -3.71. The van der Waals surface area contributed by atoms with Crippen molar-refractivity contribution in [2.24, 2.45) is 0 Å². The minimum Gasteiger partial charge on any atom is -0.468 e. The summed E-state index contributed by atoms with van der Waals surface area (Å²) < 4.78 is 37.5. The molecule has 8 nitrogen and oxygen atoms in total. The highest BCUT2D eigenvalue weighted by atomic mass is 32.2. The van der Waals surface area contributed by atoms with Gasteiger partial charge in [0.2, 0.25) is 15.9 Å². The summed E-state index contributed by atoms with van der Waals surface area (Å²) in [6.07, 6.45) is 3.75. The minimum atomic E-state index is -3.71. The number of nitrogens with one attached hydrogen (secondary N) is 2. The van der Waals surface area contributed by atoms with Gasteiger partial charge in [-0.3, -0.25) is 9.59 Å². The molecule has 0 saturated carbocycles. The number of carbonyl (C=O) groups is 2. The number of hydrogen-bond donors (Lipinski definition) is 2. The molecule has 0 radical (unpaired) electrons.